The van der Waals surface area contributed by atoms with Gasteiger partial charge in [0.25, 0.3) is 0 Å². The van der Waals surface area contributed by atoms with Crippen LogP contribution in [0.1, 0.15) is 224 Å². The highest BCUT2D eigenvalue weighted by Gasteiger charge is 2.21. The molecule has 4 aromatic rings. The summed E-state index contributed by atoms with van der Waals surface area (Å²) in [6.07, 6.45) is 31.8. The molecule has 4 aromatic heterocycles. The first-order valence-corrected chi connectivity index (χ1v) is 36.6. The molecule has 0 spiro atoms. The highest BCUT2D eigenvalue weighted by Crippen LogP contribution is 2.25. The third-order valence-electron chi connectivity index (χ3n) is 18.8. The Kier molecular flexibility index (Phi) is 38.9. The zero-order valence-electron chi connectivity index (χ0n) is 58.8. The summed E-state index contributed by atoms with van der Waals surface area (Å²) in [5.41, 5.74) is 14.3. The predicted octanol–water partition coefficient (Wildman–Crippen LogP) is 7.34. The lowest BCUT2D eigenvalue weighted by atomic mass is 10.0. The van der Waals surface area contributed by atoms with Crippen molar-refractivity contribution in [1.82, 2.24) is 72.3 Å². The lowest BCUT2D eigenvalue weighted by Gasteiger charge is -2.26. The molecule has 1 aliphatic rings. The number of nitrogens with zero attached hydrogens (tertiary/aromatic N) is 2. The summed E-state index contributed by atoms with van der Waals surface area (Å²) >= 11 is 0. The molecule has 0 aromatic carbocycles. The first-order valence-electron chi connectivity index (χ1n) is 36.6. The van der Waals surface area contributed by atoms with Gasteiger partial charge in [-0.05, 0) is 350 Å². The van der Waals surface area contributed by atoms with E-state index in [4.69, 9.17) is 0 Å². The number of unbranched alkanes of at least 4 members (excludes halogenated alkanes) is 8. The fourth-order valence-corrected chi connectivity index (χ4v) is 13.0. The van der Waals surface area contributed by atoms with Crippen molar-refractivity contribution in [2.45, 2.75) is 217 Å². The number of carbonyl (C=O) groups is 1. The molecular formula is C74H132N14O2. The molecule has 5 rings (SSSR count). The van der Waals surface area contributed by atoms with E-state index in [2.05, 4.69) is 166 Å². The first-order chi connectivity index (χ1) is 44.0. The van der Waals surface area contributed by atoms with Crippen molar-refractivity contribution in [1.29, 1.82) is 0 Å². The predicted molar refractivity (Wildman–Crippen MR) is 384 cm³/mol. The number of amides is 1. The normalized spacial score (nSPS) is 12.6. The van der Waals surface area contributed by atoms with Crippen LogP contribution >= 0.6 is 0 Å². The van der Waals surface area contributed by atoms with Crippen molar-refractivity contribution in [3.63, 3.8) is 0 Å². The SMILES string of the molecule is CCNCCCCNCCCCNCCCCNCCCCN(CC)C(=O)CCc1c(C)c2[nH]c1=Cc1[nH]c(c(C)c1CC[C@@H](O)N(CC)CCCCNCCCCNCCCCNCCCCNCC)C=c1[nH]c(c(C)c1CC)=Cc1[nH]c(c(C)c1CC)C=2. The van der Waals surface area contributed by atoms with Gasteiger partial charge in [0.05, 0.1) is 0 Å². The third kappa shape index (κ3) is 26.9. The molecule has 0 radical (unpaired) electrons. The van der Waals surface area contributed by atoms with E-state index >= 15 is 0 Å². The van der Waals surface area contributed by atoms with Crippen LogP contribution in [0, 0.1) is 27.7 Å². The Labute approximate surface area is 546 Å². The van der Waals surface area contributed by atoms with Gasteiger partial charge in [0.2, 0.25) is 5.91 Å². The molecule has 510 valence electrons. The van der Waals surface area contributed by atoms with E-state index in [-0.39, 0.29) is 5.91 Å². The van der Waals surface area contributed by atoms with Crippen molar-refractivity contribution in [2.24, 2.45) is 0 Å². The minimum Gasteiger partial charge on any atom is -0.378 e. The monoisotopic (exact) mass is 1250 g/mol. The van der Waals surface area contributed by atoms with Crippen LogP contribution in [-0.4, -0.2) is 178 Å². The number of H-pyrrole nitrogens is 4. The summed E-state index contributed by atoms with van der Waals surface area (Å²) in [6, 6.07) is 0. The number of hydrogen-bond donors (Lipinski definition) is 13. The number of fused-ring (bicyclic) bond motifs is 8. The minimum atomic E-state index is -0.550. The maximum Gasteiger partial charge on any atom is 0.222 e. The molecule has 1 atom stereocenters. The summed E-state index contributed by atoms with van der Waals surface area (Å²) in [5.74, 6) is 0.213. The Balaban J connectivity index is 1.17. The fourth-order valence-electron chi connectivity index (χ4n) is 13.0. The Bertz CT molecular complexity index is 2820. The molecule has 16 heteroatoms. The quantitative estimate of drug-likeness (QED) is 0.0137. The number of hydrogen-bond acceptors (Lipinski definition) is 11. The lowest BCUT2D eigenvalue weighted by molar-refractivity contribution is -0.131. The summed E-state index contributed by atoms with van der Waals surface area (Å²) in [6.45, 7) is 42.6. The van der Waals surface area contributed by atoms with E-state index in [1.165, 1.54) is 122 Å². The largest absolute Gasteiger partial charge is 0.378 e. The smallest absolute Gasteiger partial charge is 0.222 e. The third-order valence-corrected chi connectivity index (χ3v) is 18.8. The molecule has 1 amide bonds. The second kappa shape index (κ2) is 45.9. The highest BCUT2D eigenvalue weighted by atomic mass is 16.3. The van der Waals surface area contributed by atoms with Crippen LogP contribution in [0.3, 0.4) is 0 Å². The fraction of sp³-hybridized carbons (Fsp3) is 0.716. The van der Waals surface area contributed by atoms with Crippen LogP contribution in [0.4, 0.5) is 0 Å². The summed E-state index contributed by atoms with van der Waals surface area (Å²) in [5, 5.41) is 44.8. The molecule has 16 nitrogen and oxygen atoms in total. The summed E-state index contributed by atoms with van der Waals surface area (Å²) in [7, 11) is 0. The van der Waals surface area contributed by atoms with Crippen molar-refractivity contribution in [3.8, 4) is 0 Å². The Hall–Kier alpha value is -4.33. The molecule has 0 fully saturated rings. The zero-order valence-corrected chi connectivity index (χ0v) is 58.8. The van der Waals surface area contributed by atoms with Crippen molar-refractivity contribution < 1.29 is 9.90 Å². The van der Waals surface area contributed by atoms with Gasteiger partial charge in [0, 0.05) is 70.2 Å². The number of nitrogens with one attached hydrogen (secondary N) is 12. The van der Waals surface area contributed by atoms with E-state index in [0.29, 0.717) is 25.8 Å². The topological polar surface area (TPSA) is 203 Å². The number of aliphatic hydroxyl groups is 1. The van der Waals surface area contributed by atoms with E-state index in [9.17, 15) is 9.90 Å². The maximum absolute atomic E-state index is 14.2. The van der Waals surface area contributed by atoms with Gasteiger partial charge in [-0.25, -0.2) is 0 Å². The molecular weight excluding hydrogens is 1120 g/mol. The number of carbonyl (C=O) groups excluding carboxylic acids is 1. The molecule has 0 saturated carbocycles. The zero-order chi connectivity index (χ0) is 64.6. The van der Waals surface area contributed by atoms with Crippen LogP contribution in [0.2, 0.25) is 0 Å². The molecule has 1 aliphatic heterocycles. The van der Waals surface area contributed by atoms with Crippen LogP contribution in [-0.2, 0) is 30.5 Å². The molecule has 90 heavy (non-hydrogen) atoms. The Morgan fingerprint density at radius 3 is 1.17 bits per heavy atom. The second-order valence-electron chi connectivity index (χ2n) is 25.5. The number of rotatable bonds is 53. The van der Waals surface area contributed by atoms with E-state index in [1.54, 1.807) is 0 Å². The van der Waals surface area contributed by atoms with E-state index in [1.807, 2.05) is 0 Å². The van der Waals surface area contributed by atoms with Gasteiger partial charge >= 0.3 is 0 Å². The van der Waals surface area contributed by atoms with E-state index < -0.39 is 6.23 Å². The molecule has 0 unspecified atom stereocenters. The van der Waals surface area contributed by atoms with Crippen LogP contribution in [0.25, 0.3) is 24.3 Å². The van der Waals surface area contributed by atoms with Crippen molar-refractivity contribution in [2.75, 3.05) is 131 Å². The Morgan fingerprint density at radius 1 is 0.389 bits per heavy atom. The number of aromatic nitrogens is 4. The minimum absolute atomic E-state index is 0.213. The average Bonchev–Trinajstić information content (AvgIpc) is 1.77. The lowest BCUT2D eigenvalue weighted by Crippen LogP contribution is -2.36. The van der Waals surface area contributed by atoms with Gasteiger partial charge in [-0.15, -0.1) is 0 Å². The van der Waals surface area contributed by atoms with Gasteiger partial charge < -0.3 is 72.5 Å². The van der Waals surface area contributed by atoms with Gasteiger partial charge in [-0.2, -0.15) is 0 Å². The molecule has 0 saturated heterocycles. The van der Waals surface area contributed by atoms with Crippen molar-refractivity contribution in [3.05, 3.63) is 88.7 Å². The maximum atomic E-state index is 14.2. The van der Waals surface area contributed by atoms with Gasteiger partial charge in [0.15, 0.2) is 0 Å². The number of aliphatic hydroxyl groups excluding tert-OH is 1. The van der Waals surface area contributed by atoms with Crippen LogP contribution in [0.15, 0.2) is 0 Å². The van der Waals surface area contributed by atoms with Gasteiger partial charge in [-0.3, -0.25) is 9.69 Å². The van der Waals surface area contributed by atoms with Gasteiger partial charge in [0.1, 0.15) is 6.23 Å². The van der Waals surface area contributed by atoms with Crippen molar-refractivity contribution >= 4 is 30.2 Å². The molecule has 8 bridgehead atoms. The Morgan fingerprint density at radius 2 is 0.744 bits per heavy atom. The first kappa shape index (κ1) is 76.4. The molecule has 13 N–H and O–H groups in total. The van der Waals surface area contributed by atoms with Gasteiger partial charge in [-0.1, -0.05) is 34.6 Å². The molecule has 5 heterocycles. The summed E-state index contributed by atoms with van der Waals surface area (Å²) < 4.78 is 0. The van der Waals surface area contributed by atoms with E-state index in [0.717, 1.165) is 213 Å². The van der Waals surface area contributed by atoms with Crippen LogP contribution < -0.4 is 63.9 Å². The second-order valence-corrected chi connectivity index (χ2v) is 25.5. The standard InChI is InChI=1S/C74H132N14O2/c1-11-61-57(7)65-53-66-59(9)63(33-35-73(89)87(15-5)51-31-29-49-81-47-27-25-45-79-43-23-21-41-77-39-19-17-37-75-13-3)71(85-66)56-72-64(60(10)68(86-72)55-70-62(12-2)58(8)67(84-70)54-69(61)83-65)34-36-74(90)88(16-6)52-32-30-50-82-48-28-26-46-80-44-24-22-42-78-40-20-18-38-76-14-4/h53-56,74-86,90H,11-52H2,1-10H3/t74-/m1/s1. The highest BCUT2D eigenvalue weighted by molar-refractivity contribution is 5.76. The molecule has 0 aliphatic carbocycles. The number of aromatic amines is 4. The average molecular weight is 1250 g/mol. The van der Waals surface area contributed by atoms with Crippen LogP contribution in [0.5, 0.6) is 0 Å². The summed E-state index contributed by atoms with van der Waals surface area (Å²) in [4.78, 5) is 34.0.